The number of hydrogen-bond acceptors (Lipinski definition) is 6. The maximum absolute atomic E-state index is 11.8. The highest BCUT2D eigenvalue weighted by molar-refractivity contribution is 5.86. The Morgan fingerprint density at radius 1 is 1.38 bits per heavy atom. The van der Waals surface area contributed by atoms with Crippen molar-refractivity contribution in [2.45, 2.75) is 26.4 Å². The van der Waals surface area contributed by atoms with Crippen LogP contribution in [0.5, 0.6) is 17.2 Å². The van der Waals surface area contributed by atoms with Crippen LogP contribution in [0.25, 0.3) is 11.0 Å². The van der Waals surface area contributed by atoms with E-state index in [9.17, 15) is 9.90 Å². The molecule has 21 heavy (non-hydrogen) atoms. The monoisotopic (exact) mass is 294 g/mol. The normalized spacial score (nSPS) is 12.3. The van der Waals surface area contributed by atoms with Crippen LogP contribution in [-0.4, -0.2) is 29.5 Å². The largest absolute Gasteiger partial charge is 0.504 e. The van der Waals surface area contributed by atoms with Crippen molar-refractivity contribution in [2.24, 2.45) is 0 Å². The highest BCUT2D eigenvalue weighted by Gasteiger charge is 2.17. The zero-order valence-electron chi connectivity index (χ0n) is 12.0. The Bertz CT molecular complexity index is 676. The van der Waals surface area contributed by atoms with Gasteiger partial charge < -0.3 is 24.1 Å². The fraction of sp³-hybridized carbons (Fsp3) is 0.400. The lowest BCUT2D eigenvalue weighted by Crippen LogP contribution is -2.15. The van der Waals surface area contributed by atoms with Gasteiger partial charge in [0.15, 0.2) is 5.75 Å². The Morgan fingerprint density at radius 2 is 2.14 bits per heavy atom. The third kappa shape index (κ3) is 3.28. The molecule has 1 unspecified atom stereocenters. The summed E-state index contributed by atoms with van der Waals surface area (Å²) in [5.74, 6) is -0.0117. The molecular weight excluding hydrogens is 276 g/mol. The Balaban J connectivity index is 2.48. The Morgan fingerprint density at radius 3 is 2.81 bits per heavy atom. The summed E-state index contributed by atoms with van der Waals surface area (Å²) in [6.45, 7) is 3.73. The van der Waals surface area contributed by atoms with Crippen LogP contribution in [0.2, 0.25) is 0 Å². The first-order valence-electron chi connectivity index (χ1n) is 6.77. The average molecular weight is 294 g/mol. The number of benzene rings is 1. The standard InChI is InChI=1S/C15H18O6/c1-3-9(2)20-14-13(17)11-8-10(19-7-6-16)4-5-12(11)21-15(14)18/h4-5,8-9,16-17H,3,6-7H2,1-2H3. The van der Waals surface area contributed by atoms with Crippen LogP contribution in [0.1, 0.15) is 20.3 Å². The van der Waals surface area contributed by atoms with E-state index >= 15 is 0 Å². The molecule has 0 spiro atoms. The molecule has 1 aromatic heterocycles. The highest BCUT2D eigenvalue weighted by atomic mass is 16.5. The van der Waals surface area contributed by atoms with Gasteiger partial charge >= 0.3 is 5.63 Å². The third-order valence-corrected chi connectivity index (χ3v) is 3.06. The van der Waals surface area contributed by atoms with E-state index in [2.05, 4.69) is 0 Å². The van der Waals surface area contributed by atoms with Gasteiger partial charge in [-0.15, -0.1) is 0 Å². The molecule has 0 saturated heterocycles. The zero-order valence-corrected chi connectivity index (χ0v) is 12.0. The van der Waals surface area contributed by atoms with E-state index in [0.29, 0.717) is 17.6 Å². The van der Waals surface area contributed by atoms with Crippen molar-refractivity contribution in [2.75, 3.05) is 13.2 Å². The van der Waals surface area contributed by atoms with Gasteiger partial charge in [0.05, 0.1) is 18.1 Å². The van der Waals surface area contributed by atoms with Gasteiger partial charge in [0.25, 0.3) is 0 Å². The molecule has 2 aromatic rings. The smallest absolute Gasteiger partial charge is 0.383 e. The van der Waals surface area contributed by atoms with E-state index in [1.54, 1.807) is 13.0 Å². The van der Waals surface area contributed by atoms with E-state index in [1.807, 2.05) is 6.92 Å². The zero-order chi connectivity index (χ0) is 15.4. The lowest BCUT2D eigenvalue weighted by atomic mass is 10.2. The minimum Gasteiger partial charge on any atom is -0.504 e. The van der Waals surface area contributed by atoms with Gasteiger partial charge in [-0.25, -0.2) is 4.79 Å². The maximum atomic E-state index is 11.8. The van der Waals surface area contributed by atoms with Crippen LogP contribution >= 0.6 is 0 Å². The molecule has 0 aliphatic carbocycles. The van der Waals surface area contributed by atoms with E-state index < -0.39 is 5.63 Å². The van der Waals surface area contributed by atoms with E-state index in [4.69, 9.17) is 19.0 Å². The predicted molar refractivity (Wildman–Crippen MR) is 77.1 cm³/mol. The number of ether oxygens (including phenoxy) is 2. The van der Waals surface area contributed by atoms with Crippen molar-refractivity contribution in [1.29, 1.82) is 0 Å². The molecule has 6 nitrogen and oxygen atoms in total. The third-order valence-electron chi connectivity index (χ3n) is 3.06. The maximum Gasteiger partial charge on any atom is 0.383 e. The summed E-state index contributed by atoms with van der Waals surface area (Å²) >= 11 is 0. The first-order chi connectivity index (χ1) is 10.1. The molecule has 114 valence electrons. The summed E-state index contributed by atoms with van der Waals surface area (Å²) in [5.41, 5.74) is -0.477. The second kappa shape index (κ2) is 6.49. The fourth-order valence-corrected chi connectivity index (χ4v) is 1.79. The molecule has 1 atom stereocenters. The first kappa shape index (κ1) is 15.2. The summed E-state index contributed by atoms with van der Waals surface area (Å²) < 4.78 is 15.8. The number of aliphatic hydroxyl groups is 1. The first-order valence-corrected chi connectivity index (χ1v) is 6.77. The average Bonchev–Trinajstić information content (AvgIpc) is 2.49. The van der Waals surface area contributed by atoms with Crippen molar-refractivity contribution in [3.05, 3.63) is 28.6 Å². The van der Waals surface area contributed by atoms with Crippen LogP contribution in [0, 0.1) is 0 Å². The SMILES string of the molecule is CCC(C)Oc1c(O)c2cc(OCCO)ccc2oc1=O. The molecule has 1 heterocycles. The number of rotatable bonds is 6. The number of aliphatic hydroxyl groups excluding tert-OH is 1. The Hall–Kier alpha value is -2.21. The van der Waals surface area contributed by atoms with Crippen LogP contribution in [-0.2, 0) is 0 Å². The van der Waals surface area contributed by atoms with Crippen molar-refractivity contribution in [3.63, 3.8) is 0 Å². The van der Waals surface area contributed by atoms with Crippen LogP contribution in [0.3, 0.4) is 0 Å². The molecule has 0 fully saturated rings. The minimum atomic E-state index is -0.718. The molecule has 6 heteroatoms. The second-order valence-corrected chi connectivity index (χ2v) is 4.63. The van der Waals surface area contributed by atoms with Gasteiger partial charge in [0.2, 0.25) is 5.75 Å². The molecule has 0 aliphatic heterocycles. The van der Waals surface area contributed by atoms with Crippen molar-refractivity contribution < 1.29 is 24.1 Å². The van der Waals surface area contributed by atoms with E-state index in [-0.39, 0.29) is 36.4 Å². The summed E-state index contributed by atoms with van der Waals surface area (Å²) in [7, 11) is 0. The summed E-state index contributed by atoms with van der Waals surface area (Å²) in [4.78, 5) is 11.8. The Kier molecular flexibility index (Phi) is 4.70. The van der Waals surface area contributed by atoms with Crippen molar-refractivity contribution in [3.8, 4) is 17.2 Å². The van der Waals surface area contributed by atoms with Gasteiger partial charge in [-0.05, 0) is 31.5 Å². The number of hydrogen-bond donors (Lipinski definition) is 2. The molecule has 0 saturated carbocycles. The quantitative estimate of drug-likeness (QED) is 0.793. The molecule has 1 aromatic carbocycles. The van der Waals surface area contributed by atoms with Gasteiger partial charge in [0, 0.05) is 0 Å². The van der Waals surface area contributed by atoms with Crippen molar-refractivity contribution >= 4 is 11.0 Å². The highest BCUT2D eigenvalue weighted by Crippen LogP contribution is 2.34. The summed E-state index contributed by atoms with van der Waals surface area (Å²) in [6, 6.07) is 4.65. The number of aromatic hydroxyl groups is 1. The van der Waals surface area contributed by atoms with Gasteiger partial charge in [0.1, 0.15) is 17.9 Å². The minimum absolute atomic E-state index is 0.115. The lowest BCUT2D eigenvalue weighted by Gasteiger charge is -2.13. The van der Waals surface area contributed by atoms with Crippen LogP contribution < -0.4 is 15.1 Å². The van der Waals surface area contributed by atoms with Crippen LogP contribution in [0.4, 0.5) is 0 Å². The molecule has 2 N–H and O–H groups in total. The Labute approximate surface area is 121 Å². The molecule has 0 bridgehead atoms. The number of fused-ring (bicyclic) bond motifs is 1. The van der Waals surface area contributed by atoms with Crippen LogP contribution in [0.15, 0.2) is 27.4 Å². The molecule has 2 rings (SSSR count). The fourth-order valence-electron chi connectivity index (χ4n) is 1.79. The molecule has 0 radical (unpaired) electrons. The van der Waals surface area contributed by atoms with E-state index in [0.717, 1.165) is 0 Å². The molecule has 0 amide bonds. The molecule has 0 aliphatic rings. The van der Waals surface area contributed by atoms with Gasteiger partial charge in [-0.2, -0.15) is 0 Å². The van der Waals surface area contributed by atoms with Gasteiger partial charge in [-0.3, -0.25) is 0 Å². The summed E-state index contributed by atoms with van der Waals surface area (Å²) in [5, 5.41) is 19.3. The predicted octanol–water partition coefficient (Wildman–Crippen LogP) is 2.05. The summed E-state index contributed by atoms with van der Waals surface area (Å²) in [6.07, 6.45) is 0.474. The second-order valence-electron chi connectivity index (χ2n) is 4.63. The molecular formula is C15H18O6. The van der Waals surface area contributed by atoms with Crippen molar-refractivity contribution in [1.82, 2.24) is 0 Å². The lowest BCUT2D eigenvalue weighted by molar-refractivity contribution is 0.199. The van der Waals surface area contributed by atoms with E-state index in [1.165, 1.54) is 12.1 Å². The van der Waals surface area contributed by atoms with Gasteiger partial charge in [-0.1, -0.05) is 6.92 Å². The topological polar surface area (TPSA) is 89.1 Å².